The Kier molecular flexibility index (Phi) is 3.73. The molecule has 106 valence electrons. The molecule has 0 aliphatic carbocycles. The second-order valence-corrected chi connectivity index (χ2v) is 4.16. The van der Waals surface area contributed by atoms with Gasteiger partial charge in [0.2, 0.25) is 0 Å². The maximum absolute atomic E-state index is 13.0. The number of benzene rings is 1. The Morgan fingerprint density at radius 1 is 1.45 bits per heavy atom. The van der Waals surface area contributed by atoms with E-state index in [9.17, 15) is 18.0 Å². The SMILES string of the molecule is Cc1cc(F)ccc1Cn1nnc(C(=O)O)c1C(F)F. The first-order valence-electron chi connectivity index (χ1n) is 5.60. The number of aromatic nitrogens is 3. The summed E-state index contributed by atoms with van der Waals surface area (Å²) in [6.45, 7) is 1.52. The van der Waals surface area contributed by atoms with Gasteiger partial charge in [-0.1, -0.05) is 11.3 Å². The highest BCUT2D eigenvalue weighted by atomic mass is 19.3. The number of rotatable bonds is 4. The molecule has 0 aliphatic heterocycles. The van der Waals surface area contributed by atoms with Crippen molar-refractivity contribution in [2.24, 2.45) is 0 Å². The number of hydrogen-bond donors (Lipinski definition) is 1. The lowest BCUT2D eigenvalue weighted by molar-refractivity contribution is 0.0675. The molecule has 0 amide bonds. The molecule has 1 N–H and O–H groups in total. The standard InChI is InChI=1S/C12H10F3N3O2/c1-6-4-8(13)3-2-7(6)5-18-10(11(14)15)9(12(19)20)16-17-18/h2-4,11H,5H2,1H3,(H,19,20). The molecule has 2 rings (SSSR count). The zero-order valence-electron chi connectivity index (χ0n) is 10.3. The highest BCUT2D eigenvalue weighted by Gasteiger charge is 2.26. The quantitative estimate of drug-likeness (QED) is 0.936. The molecule has 1 heterocycles. The third kappa shape index (κ3) is 2.63. The molecule has 0 radical (unpaired) electrons. The molecule has 0 saturated heterocycles. The summed E-state index contributed by atoms with van der Waals surface area (Å²) < 4.78 is 39.6. The van der Waals surface area contributed by atoms with Crippen molar-refractivity contribution in [3.63, 3.8) is 0 Å². The molecule has 0 bridgehead atoms. The highest BCUT2D eigenvalue weighted by Crippen LogP contribution is 2.23. The van der Waals surface area contributed by atoms with Crippen LogP contribution in [-0.2, 0) is 6.54 Å². The highest BCUT2D eigenvalue weighted by molar-refractivity contribution is 5.86. The summed E-state index contributed by atoms with van der Waals surface area (Å²) in [7, 11) is 0. The molecular formula is C12H10F3N3O2. The van der Waals surface area contributed by atoms with Crippen molar-refractivity contribution in [3.8, 4) is 0 Å². The van der Waals surface area contributed by atoms with E-state index in [1.54, 1.807) is 6.92 Å². The van der Waals surface area contributed by atoms with E-state index in [1.165, 1.54) is 18.2 Å². The number of hydrogen-bond acceptors (Lipinski definition) is 3. The molecule has 20 heavy (non-hydrogen) atoms. The fourth-order valence-electron chi connectivity index (χ4n) is 1.80. The molecule has 8 heteroatoms. The summed E-state index contributed by atoms with van der Waals surface area (Å²) >= 11 is 0. The van der Waals surface area contributed by atoms with Crippen molar-refractivity contribution in [2.45, 2.75) is 19.9 Å². The van der Waals surface area contributed by atoms with Crippen LogP contribution in [0.15, 0.2) is 18.2 Å². The molecule has 5 nitrogen and oxygen atoms in total. The third-order valence-corrected chi connectivity index (χ3v) is 2.81. The van der Waals surface area contributed by atoms with Crippen LogP contribution >= 0.6 is 0 Å². The number of alkyl halides is 2. The molecule has 0 fully saturated rings. The molecule has 0 saturated carbocycles. The predicted molar refractivity (Wildman–Crippen MR) is 62.2 cm³/mol. The Labute approximate surface area is 111 Å². The number of nitrogens with zero attached hydrogens (tertiary/aromatic N) is 3. The average molecular weight is 285 g/mol. The summed E-state index contributed by atoms with van der Waals surface area (Å²) in [6, 6.07) is 3.88. The molecule has 1 aromatic heterocycles. The van der Waals surface area contributed by atoms with E-state index in [2.05, 4.69) is 10.3 Å². The van der Waals surface area contributed by atoms with Gasteiger partial charge in [0.1, 0.15) is 11.5 Å². The van der Waals surface area contributed by atoms with Gasteiger partial charge in [0.15, 0.2) is 5.69 Å². The third-order valence-electron chi connectivity index (χ3n) is 2.81. The number of aromatic carboxylic acids is 1. The molecule has 0 spiro atoms. The Balaban J connectivity index is 2.41. The largest absolute Gasteiger partial charge is 0.476 e. The molecule has 0 unspecified atom stereocenters. The molecular weight excluding hydrogens is 275 g/mol. The van der Waals surface area contributed by atoms with E-state index in [0.29, 0.717) is 11.1 Å². The van der Waals surface area contributed by atoms with E-state index < -0.39 is 29.6 Å². The lowest BCUT2D eigenvalue weighted by Crippen LogP contribution is -2.10. The van der Waals surface area contributed by atoms with Gasteiger partial charge >= 0.3 is 5.97 Å². The number of carbonyl (C=O) groups is 1. The number of carboxylic acid groups (broad SMARTS) is 1. The maximum atomic E-state index is 13.0. The lowest BCUT2D eigenvalue weighted by atomic mass is 10.1. The van der Waals surface area contributed by atoms with Crippen molar-refractivity contribution in [1.82, 2.24) is 15.0 Å². The van der Waals surface area contributed by atoms with Crippen LogP contribution in [0.3, 0.4) is 0 Å². The van der Waals surface area contributed by atoms with E-state index in [-0.39, 0.29) is 6.54 Å². The van der Waals surface area contributed by atoms with Crippen LogP contribution in [0.5, 0.6) is 0 Å². The Morgan fingerprint density at radius 3 is 2.70 bits per heavy atom. The summed E-state index contributed by atoms with van der Waals surface area (Å²) in [6.07, 6.45) is -3.02. The van der Waals surface area contributed by atoms with Crippen molar-refractivity contribution in [1.29, 1.82) is 0 Å². The van der Waals surface area contributed by atoms with Crippen LogP contribution in [-0.4, -0.2) is 26.1 Å². The first-order chi connectivity index (χ1) is 9.40. The smallest absolute Gasteiger partial charge is 0.358 e. The molecule has 2 aromatic rings. The van der Waals surface area contributed by atoms with Gasteiger partial charge in [-0.05, 0) is 30.2 Å². The molecule has 1 aromatic carbocycles. The summed E-state index contributed by atoms with van der Waals surface area (Å²) in [4.78, 5) is 10.8. The normalized spacial score (nSPS) is 11.1. The molecule has 0 aliphatic rings. The summed E-state index contributed by atoms with van der Waals surface area (Å²) in [5.41, 5.74) is -0.436. The predicted octanol–water partition coefficient (Wildman–Crippen LogP) is 2.41. The van der Waals surface area contributed by atoms with Crippen molar-refractivity contribution >= 4 is 5.97 Å². The van der Waals surface area contributed by atoms with Gasteiger partial charge < -0.3 is 5.11 Å². The van der Waals surface area contributed by atoms with Crippen LogP contribution < -0.4 is 0 Å². The Morgan fingerprint density at radius 2 is 2.15 bits per heavy atom. The van der Waals surface area contributed by atoms with Crippen LogP contribution in [0.4, 0.5) is 13.2 Å². The van der Waals surface area contributed by atoms with Crippen LogP contribution in [0.1, 0.15) is 33.7 Å². The summed E-state index contributed by atoms with van der Waals surface area (Å²) in [5, 5.41) is 15.5. The van der Waals surface area contributed by atoms with Crippen LogP contribution in [0.25, 0.3) is 0 Å². The topological polar surface area (TPSA) is 68.0 Å². The van der Waals surface area contributed by atoms with E-state index >= 15 is 0 Å². The second kappa shape index (κ2) is 5.32. The van der Waals surface area contributed by atoms with E-state index in [4.69, 9.17) is 5.11 Å². The van der Waals surface area contributed by atoms with Gasteiger partial charge in [-0.3, -0.25) is 0 Å². The van der Waals surface area contributed by atoms with Crippen LogP contribution in [0.2, 0.25) is 0 Å². The fourth-order valence-corrected chi connectivity index (χ4v) is 1.80. The monoisotopic (exact) mass is 285 g/mol. The van der Waals surface area contributed by atoms with Crippen molar-refractivity contribution in [3.05, 3.63) is 46.5 Å². The van der Waals surface area contributed by atoms with E-state index in [1.807, 2.05) is 0 Å². The minimum absolute atomic E-state index is 0.105. The first-order valence-corrected chi connectivity index (χ1v) is 5.60. The van der Waals surface area contributed by atoms with Gasteiger partial charge in [0, 0.05) is 0 Å². The zero-order chi connectivity index (χ0) is 14.9. The van der Waals surface area contributed by atoms with Gasteiger partial charge in [-0.2, -0.15) is 0 Å². The van der Waals surface area contributed by atoms with Crippen LogP contribution in [0, 0.1) is 12.7 Å². The van der Waals surface area contributed by atoms with Gasteiger partial charge in [-0.15, -0.1) is 5.10 Å². The number of carboxylic acids is 1. The minimum Gasteiger partial charge on any atom is -0.476 e. The Hall–Kier alpha value is -2.38. The fraction of sp³-hybridized carbons (Fsp3) is 0.250. The first kappa shape index (κ1) is 14.0. The van der Waals surface area contributed by atoms with Gasteiger partial charge in [0.05, 0.1) is 6.54 Å². The van der Waals surface area contributed by atoms with Gasteiger partial charge in [0.25, 0.3) is 6.43 Å². The maximum Gasteiger partial charge on any atom is 0.358 e. The Bertz CT molecular complexity index is 655. The second-order valence-electron chi connectivity index (χ2n) is 4.16. The van der Waals surface area contributed by atoms with Gasteiger partial charge in [-0.25, -0.2) is 22.6 Å². The number of halogens is 3. The number of aryl methyl sites for hydroxylation is 1. The molecule has 0 atom stereocenters. The lowest BCUT2D eigenvalue weighted by Gasteiger charge is -2.08. The average Bonchev–Trinajstić information content (AvgIpc) is 2.76. The van der Waals surface area contributed by atoms with Crippen molar-refractivity contribution in [2.75, 3.05) is 0 Å². The summed E-state index contributed by atoms with van der Waals surface area (Å²) in [5.74, 6) is -2.01. The van der Waals surface area contributed by atoms with Crippen molar-refractivity contribution < 1.29 is 23.1 Å². The zero-order valence-corrected chi connectivity index (χ0v) is 10.3. The minimum atomic E-state index is -3.02. The van der Waals surface area contributed by atoms with E-state index in [0.717, 1.165) is 4.68 Å².